The molecular formula is C26H30FN5O. The number of nitrogens with zero attached hydrogens (tertiary/aromatic N) is 2. The average molecular weight is 448 g/mol. The van der Waals surface area contributed by atoms with E-state index in [9.17, 15) is 14.4 Å². The predicted molar refractivity (Wildman–Crippen MR) is 129 cm³/mol. The van der Waals surface area contributed by atoms with E-state index in [1.807, 2.05) is 25.1 Å². The summed E-state index contributed by atoms with van der Waals surface area (Å²) in [7, 11) is 0. The minimum absolute atomic E-state index is 0.0476. The van der Waals surface area contributed by atoms with Crippen LogP contribution in [0.4, 0.5) is 4.39 Å². The minimum atomic E-state index is -0.476. The quantitative estimate of drug-likeness (QED) is 0.446. The first-order chi connectivity index (χ1) is 16.0. The van der Waals surface area contributed by atoms with Crippen molar-refractivity contribution < 1.29 is 9.18 Å². The van der Waals surface area contributed by atoms with Gasteiger partial charge in [0.05, 0.1) is 11.6 Å². The minimum Gasteiger partial charge on any atom is -0.370 e. The van der Waals surface area contributed by atoms with Crippen LogP contribution >= 0.6 is 0 Å². The molecule has 2 aromatic carbocycles. The van der Waals surface area contributed by atoms with Crippen molar-refractivity contribution >= 4 is 17.9 Å². The lowest BCUT2D eigenvalue weighted by Gasteiger charge is -2.20. The zero-order valence-electron chi connectivity index (χ0n) is 18.9. The molecular weight excluding hydrogens is 417 g/mol. The van der Waals surface area contributed by atoms with Crippen LogP contribution in [0.15, 0.2) is 47.5 Å². The predicted octanol–water partition coefficient (Wildman–Crippen LogP) is 3.56. The molecule has 6 nitrogen and oxygen atoms in total. The number of aryl methyl sites for hydroxylation is 1. The third-order valence-corrected chi connectivity index (χ3v) is 5.75. The fraction of sp³-hybridized carbons (Fsp3) is 0.346. The molecule has 0 saturated carbocycles. The van der Waals surface area contributed by atoms with Crippen molar-refractivity contribution in [1.29, 1.82) is 5.26 Å². The third-order valence-electron chi connectivity index (χ3n) is 5.75. The van der Waals surface area contributed by atoms with Crippen LogP contribution < -0.4 is 16.4 Å². The molecule has 1 aliphatic heterocycles. The number of nitrogens with two attached hydrogens (primary N) is 1. The molecule has 0 aromatic heterocycles. The van der Waals surface area contributed by atoms with Crippen LogP contribution in [0, 0.1) is 23.1 Å². The smallest absolute Gasteiger partial charge is 0.258 e. The number of aliphatic imine (C=N–C) groups is 1. The van der Waals surface area contributed by atoms with E-state index >= 15 is 0 Å². The molecule has 1 fully saturated rings. The molecule has 0 bridgehead atoms. The van der Waals surface area contributed by atoms with Crippen molar-refractivity contribution in [2.24, 2.45) is 16.6 Å². The highest BCUT2D eigenvalue weighted by Gasteiger charge is 2.17. The number of nitrogens with one attached hydrogen (secondary N) is 2. The number of carbonyl (C=O) groups is 1. The van der Waals surface area contributed by atoms with Gasteiger partial charge in [-0.15, -0.1) is 0 Å². The van der Waals surface area contributed by atoms with Gasteiger partial charge in [0.25, 0.3) is 5.91 Å². The largest absolute Gasteiger partial charge is 0.370 e. The Morgan fingerprint density at radius 1 is 1.30 bits per heavy atom. The highest BCUT2D eigenvalue weighted by Crippen LogP contribution is 2.19. The summed E-state index contributed by atoms with van der Waals surface area (Å²) in [6.45, 7) is 4.40. The second-order valence-electron chi connectivity index (χ2n) is 8.21. The summed E-state index contributed by atoms with van der Waals surface area (Å²) >= 11 is 0. The van der Waals surface area contributed by atoms with Gasteiger partial charge in [-0.1, -0.05) is 24.3 Å². The van der Waals surface area contributed by atoms with Crippen LogP contribution in [-0.2, 0) is 12.8 Å². The summed E-state index contributed by atoms with van der Waals surface area (Å²) in [5.41, 5.74) is 8.84. The second-order valence-corrected chi connectivity index (χ2v) is 8.21. The number of carbonyl (C=O) groups excluding carboxylic acids is 1. The summed E-state index contributed by atoms with van der Waals surface area (Å²) in [4.78, 5) is 17.1. The molecule has 0 atom stereocenters. The molecule has 2 aromatic rings. The second kappa shape index (κ2) is 11.9. The lowest BCUT2D eigenvalue weighted by atomic mass is 9.96. The SMILES string of the molecule is C/C=C\c1cc(C#N)cc(CCc2c(F)cccc2C(=O)NC(N)=NCC2CCNCC2)c1. The van der Waals surface area contributed by atoms with E-state index < -0.39 is 11.7 Å². The summed E-state index contributed by atoms with van der Waals surface area (Å²) < 4.78 is 14.7. The first kappa shape index (κ1) is 24.1. The molecule has 0 aliphatic carbocycles. The lowest BCUT2D eigenvalue weighted by molar-refractivity contribution is 0.0975. The number of piperidine rings is 1. The fourth-order valence-corrected chi connectivity index (χ4v) is 4.03. The lowest BCUT2D eigenvalue weighted by Crippen LogP contribution is -2.38. The standard InChI is InChI=1S/C26H30FN5O/c1-2-4-19-13-20(15-21(14-19)16-28)7-8-22-23(5-3-6-24(22)27)25(33)32-26(29)31-17-18-9-11-30-12-10-18/h2-6,13-15,18,30H,7-12,17H2,1H3,(H3,29,31,32,33)/b4-2-. The number of amides is 1. The zero-order chi connectivity index (χ0) is 23.6. The summed E-state index contributed by atoms with van der Waals surface area (Å²) in [6.07, 6.45) is 6.67. The maximum atomic E-state index is 14.7. The Kier molecular flexibility index (Phi) is 8.73. The van der Waals surface area contributed by atoms with Gasteiger partial charge in [0.15, 0.2) is 5.96 Å². The van der Waals surface area contributed by atoms with Gasteiger partial charge in [0.2, 0.25) is 0 Å². The molecule has 1 heterocycles. The number of nitriles is 1. The highest BCUT2D eigenvalue weighted by atomic mass is 19.1. The number of rotatable bonds is 7. The van der Waals surface area contributed by atoms with E-state index in [0.717, 1.165) is 37.1 Å². The van der Waals surface area contributed by atoms with E-state index in [1.165, 1.54) is 12.1 Å². The molecule has 1 aliphatic rings. The molecule has 0 spiro atoms. The Morgan fingerprint density at radius 2 is 2.09 bits per heavy atom. The van der Waals surface area contributed by atoms with Crippen molar-refractivity contribution in [3.05, 3.63) is 76.1 Å². The number of benzene rings is 2. The molecule has 0 radical (unpaired) electrons. The summed E-state index contributed by atoms with van der Waals surface area (Å²) in [6, 6.07) is 12.2. The Balaban J connectivity index is 1.71. The van der Waals surface area contributed by atoms with Crippen molar-refractivity contribution in [2.75, 3.05) is 19.6 Å². The van der Waals surface area contributed by atoms with Crippen LogP contribution in [0.2, 0.25) is 0 Å². The van der Waals surface area contributed by atoms with E-state index in [-0.39, 0.29) is 11.5 Å². The van der Waals surface area contributed by atoms with Gasteiger partial charge in [-0.3, -0.25) is 15.1 Å². The van der Waals surface area contributed by atoms with Crippen LogP contribution in [0.3, 0.4) is 0 Å². The first-order valence-corrected chi connectivity index (χ1v) is 11.3. The Bertz CT molecular complexity index is 1080. The fourth-order valence-electron chi connectivity index (χ4n) is 4.03. The van der Waals surface area contributed by atoms with E-state index in [1.54, 1.807) is 18.2 Å². The third kappa shape index (κ3) is 6.99. The van der Waals surface area contributed by atoms with Gasteiger partial charge in [0, 0.05) is 17.7 Å². The molecule has 4 N–H and O–H groups in total. The Labute approximate surface area is 194 Å². The van der Waals surface area contributed by atoms with Gasteiger partial charge in [0.1, 0.15) is 5.82 Å². The normalized spacial score (nSPS) is 14.9. The Morgan fingerprint density at radius 3 is 2.82 bits per heavy atom. The monoisotopic (exact) mass is 447 g/mol. The molecule has 1 amide bonds. The van der Waals surface area contributed by atoms with Gasteiger partial charge >= 0.3 is 0 Å². The molecule has 3 rings (SSSR count). The van der Waals surface area contributed by atoms with Crippen LogP contribution in [0.1, 0.15) is 52.4 Å². The van der Waals surface area contributed by atoms with Gasteiger partial charge in [-0.25, -0.2) is 4.39 Å². The van der Waals surface area contributed by atoms with Crippen LogP contribution in [0.5, 0.6) is 0 Å². The van der Waals surface area contributed by atoms with Gasteiger partial charge in [-0.2, -0.15) is 5.26 Å². The summed E-state index contributed by atoms with van der Waals surface area (Å²) in [5, 5.41) is 15.2. The summed E-state index contributed by atoms with van der Waals surface area (Å²) in [5.74, 6) is -0.427. The van der Waals surface area contributed by atoms with E-state index in [2.05, 4.69) is 21.7 Å². The molecule has 1 saturated heterocycles. The van der Waals surface area contributed by atoms with Crippen molar-refractivity contribution in [3.63, 3.8) is 0 Å². The highest BCUT2D eigenvalue weighted by molar-refractivity contribution is 6.06. The molecule has 33 heavy (non-hydrogen) atoms. The molecule has 0 unspecified atom stereocenters. The van der Waals surface area contributed by atoms with Gasteiger partial charge < -0.3 is 11.1 Å². The van der Waals surface area contributed by atoms with Crippen molar-refractivity contribution in [1.82, 2.24) is 10.6 Å². The number of hydrogen-bond acceptors (Lipinski definition) is 4. The molecule has 172 valence electrons. The Hall–Kier alpha value is -3.50. The molecule has 7 heteroatoms. The first-order valence-electron chi connectivity index (χ1n) is 11.3. The topological polar surface area (TPSA) is 103 Å². The number of hydrogen-bond donors (Lipinski definition) is 3. The van der Waals surface area contributed by atoms with E-state index in [4.69, 9.17) is 5.73 Å². The number of allylic oxidation sites excluding steroid dienone is 1. The maximum Gasteiger partial charge on any atom is 0.258 e. The van der Waals surface area contributed by atoms with Crippen molar-refractivity contribution in [2.45, 2.75) is 32.6 Å². The average Bonchev–Trinajstić information content (AvgIpc) is 2.82. The van der Waals surface area contributed by atoms with Gasteiger partial charge in [-0.05, 0) is 87.0 Å². The number of halogens is 1. The van der Waals surface area contributed by atoms with Crippen LogP contribution in [0.25, 0.3) is 6.08 Å². The van der Waals surface area contributed by atoms with Crippen LogP contribution in [-0.4, -0.2) is 31.5 Å². The number of guanidine groups is 1. The van der Waals surface area contributed by atoms with E-state index in [0.29, 0.717) is 36.4 Å². The zero-order valence-corrected chi connectivity index (χ0v) is 18.9. The maximum absolute atomic E-state index is 14.7. The van der Waals surface area contributed by atoms with Crippen molar-refractivity contribution in [3.8, 4) is 6.07 Å².